The summed E-state index contributed by atoms with van der Waals surface area (Å²) in [5.41, 5.74) is 0.828. The molecule has 1 aliphatic rings. The molecule has 2 N–H and O–H groups in total. The minimum atomic E-state index is -0.363. The van der Waals surface area contributed by atoms with E-state index in [0.29, 0.717) is 29.4 Å². The summed E-state index contributed by atoms with van der Waals surface area (Å²) in [6.07, 6.45) is 0.857. The minimum absolute atomic E-state index is 0.223. The fourth-order valence-electron chi connectivity index (χ4n) is 1.81. The molecule has 0 saturated carbocycles. The van der Waals surface area contributed by atoms with Crippen molar-refractivity contribution in [2.24, 2.45) is 0 Å². The molecule has 2 rings (SSSR count). The Morgan fingerprint density at radius 1 is 1.33 bits per heavy atom. The van der Waals surface area contributed by atoms with Crippen LogP contribution in [0.3, 0.4) is 0 Å². The van der Waals surface area contributed by atoms with Crippen molar-refractivity contribution in [3.05, 3.63) is 33.8 Å². The average Bonchev–Trinajstić information content (AvgIpc) is 2.33. The largest absolute Gasteiger partial charge is 0.302 e. The van der Waals surface area contributed by atoms with Crippen molar-refractivity contribution in [2.45, 2.75) is 25.4 Å². The van der Waals surface area contributed by atoms with Crippen LogP contribution in [0.2, 0.25) is 10.0 Å². The second-order valence-corrected chi connectivity index (χ2v) is 4.88. The van der Waals surface area contributed by atoms with E-state index in [1.807, 2.05) is 6.07 Å². The summed E-state index contributed by atoms with van der Waals surface area (Å²) < 4.78 is 0. The van der Waals surface area contributed by atoms with Crippen LogP contribution in [0.15, 0.2) is 18.2 Å². The van der Waals surface area contributed by atoms with Crippen LogP contribution in [0.5, 0.6) is 0 Å². The van der Waals surface area contributed by atoms with Crippen LogP contribution in [0.25, 0.3) is 0 Å². The van der Waals surface area contributed by atoms with Gasteiger partial charge in [-0.2, -0.15) is 0 Å². The highest BCUT2D eigenvalue weighted by molar-refractivity contribution is 6.42. The average molecular weight is 287 g/mol. The summed E-state index contributed by atoms with van der Waals surface area (Å²) in [7, 11) is 0. The third-order valence-corrected chi connectivity index (χ3v) is 3.67. The van der Waals surface area contributed by atoms with Gasteiger partial charge in [0.2, 0.25) is 11.8 Å². The van der Waals surface area contributed by atoms with Gasteiger partial charge in [0.05, 0.1) is 16.1 Å². The lowest BCUT2D eigenvalue weighted by Gasteiger charge is -2.22. The molecule has 1 fully saturated rings. The van der Waals surface area contributed by atoms with Crippen molar-refractivity contribution < 1.29 is 9.59 Å². The van der Waals surface area contributed by atoms with Crippen molar-refractivity contribution in [2.75, 3.05) is 0 Å². The topological polar surface area (TPSA) is 58.2 Å². The standard InChI is InChI=1S/C12H12Cl2N2O2/c13-8-3-1-2-7(11(8)14)6-15-9-4-5-10(17)16-12(9)18/h1-3,9,15H,4-6H2,(H,16,17,18). The highest BCUT2D eigenvalue weighted by atomic mass is 35.5. The number of hydrogen-bond donors (Lipinski definition) is 2. The number of halogens is 2. The predicted molar refractivity (Wildman–Crippen MR) is 69.5 cm³/mol. The first-order valence-electron chi connectivity index (χ1n) is 5.58. The van der Waals surface area contributed by atoms with Crippen molar-refractivity contribution in [1.82, 2.24) is 10.6 Å². The van der Waals surface area contributed by atoms with E-state index in [0.717, 1.165) is 5.56 Å². The number of hydrogen-bond acceptors (Lipinski definition) is 3. The molecule has 96 valence electrons. The van der Waals surface area contributed by atoms with Crippen molar-refractivity contribution in [3.8, 4) is 0 Å². The molecule has 0 aromatic heterocycles. The Balaban J connectivity index is 1.97. The number of carbonyl (C=O) groups excluding carboxylic acids is 2. The molecule has 2 amide bonds. The Bertz CT molecular complexity index is 491. The second-order valence-electron chi connectivity index (χ2n) is 4.10. The Morgan fingerprint density at radius 2 is 2.11 bits per heavy atom. The monoisotopic (exact) mass is 286 g/mol. The Labute approximate surface area is 115 Å². The van der Waals surface area contributed by atoms with E-state index >= 15 is 0 Å². The van der Waals surface area contributed by atoms with Crippen LogP contribution in [-0.4, -0.2) is 17.9 Å². The van der Waals surface area contributed by atoms with E-state index in [1.54, 1.807) is 12.1 Å². The minimum Gasteiger partial charge on any atom is -0.302 e. The number of rotatable bonds is 3. The summed E-state index contributed by atoms with van der Waals surface area (Å²) in [5, 5.41) is 6.33. The lowest BCUT2D eigenvalue weighted by molar-refractivity contribution is -0.134. The normalized spacial score (nSPS) is 19.8. The highest BCUT2D eigenvalue weighted by Gasteiger charge is 2.25. The second kappa shape index (κ2) is 5.69. The molecule has 1 atom stereocenters. The summed E-state index contributed by atoms with van der Waals surface area (Å²) >= 11 is 11.9. The lowest BCUT2D eigenvalue weighted by Crippen LogP contribution is -2.50. The predicted octanol–water partition coefficient (Wildman–Crippen LogP) is 1.89. The molecule has 0 spiro atoms. The SMILES string of the molecule is O=C1CCC(NCc2cccc(Cl)c2Cl)C(=O)N1. The maximum atomic E-state index is 11.5. The molecular formula is C12H12Cl2N2O2. The van der Waals surface area contributed by atoms with Crippen LogP contribution < -0.4 is 10.6 Å². The number of carbonyl (C=O) groups is 2. The summed E-state index contributed by atoms with van der Waals surface area (Å²) in [6, 6.07) is 4.99. The van der Waals surface area contributed by atoms with Gasteiger partial charge in [0, 0.05) is 13.0 Å². The van der Waals surface area contributed by atoms with E-state index in [1.165, 1.54) is 0 Å². The fourth-order valence-corrected chi connectivity index (χ4v) is 2.19. The first-order chi connectivity index (χ1) is 8.58. The summed E-state index contributed by atoms with van der Waals surface area (Å²) in [5.74, 6) is -0.511. The summed E-state index contributed by atoms with van der Waals surface area (Å²) in [6.45, 7) is 0.436. The molecule has 4 nitrogen and oxygen atoms in total. The molecule has 6 heteroatoms. The van der Waals surface area contributed by atoms with Gasteiger partial charge < -0.3 is 5.32 Å². The van der Waals surface area contributed by atoms with Gasteiger partial charge in [-0.05, 0) is 18.1 Å². The van der Waals surface area contributed by atoms with Crippen LogP contribution >= 0.6 is 23.2 Å². The molecular weight excluding hydrogens is 275 g/mol. The lowest BCUT2D eigenvalue weighted by atomic mass is 10.1. The molecule has 1 unspecified atom stereocenters. The van der Waals surface area contributed by atoms with Gasteiger partial charge >= 0.3 is 0 Å². The van der Waals surface area contributed by atoms with Crippen LogP contribution in [0.4, 0.5) is 0 Å². The van der Waals surface area contributed by atoms with Crippen molar-refractivity contribution in [3.63, 3.8) is 0 Å². The molecule has 1 aromatic carbocycles. The number of imide groups is 1. The van der Waals surface area contributed by atoms with Gasteiger partial charge in [0.25, 0.3) is 0 Å². The molecule has 18 heavy (non-hydrogen) atoms. The zero-order valence-corrected chi connectivity index (χ0v) is 11.0. The zero-order chi connectivity index (χ0) is 13.1. The third-order valence-electron chi connectivity index (χ3n) is 2.81. The van der Waals surface area contributed by atoms with Crippen LogP contribution in [-0.2, 0) is 16.1 Å². The first kappa shape index (κ1) is 13.3. The van der Waals surface area contributed by atoms with E-state index in [2.05, 4.69) is 10.6 Å². The van der Waals surface area contributed by atoms with E-state index < -0.39 is 0 Å². The molecule has 1 aliphatic heterocycles. The molecule has 0 aliphatic carbocycles. The van der Waals surface area contributed by atoms with Gasteiger partial charge in [0.15, 0.2) is 0 Å². The number of amides is 2. The molecule has 1 heterocycles. The van der Waals surface area contributed by atoms with Gasteiger partial charge in [0.1, 0.15) is 0 Å². The van der Waals surface area contributed by atoms with E-state index in [-0.39, 0.29) is 17.9 Å². The number of nitrogens with one attached hydrogen (secondary N) is 2. The first-order valence-corrected chi connectivity index (χ1v) is 6.33. The van der Waals surface area contributed by atoms with Gasteiger partial charge in [-0.15, -0.1) is 0 Å². The number of benzene rings is 1. The Morgan fingerprint density at radius 3 is 2.83 bits per heavy atom. The third kappa shape index (κ3) is 3.02. The number of piperidine rings is 1. The zero-order valence-electron chi connectivity index (χ0n) is 9.50. The molecule has 1 saturated heterocycles. The quantitative estimate of drug-likeness (QED) is 0.835. The van der Waals surface area contributed by atoms with Crippen LogP contribution in [0, 0.1) is 0 Å². The Hall–Kier alpha value is -1.10. The fraction of sp³-hybridized carbons (Fsp3) is 0.333. The van der Waals surface area contributed by atoms with Crippen molar-refractivity contribution in [1.29, 1.82) is 0 Å². The highest BCUT2D eigenvalue weighted by Crippen LogP contribution is 2.25. The molecule has 1 aromatic rings. The van der Waals surface area contributed by atoms with Gasteiger partial charge in [-0.1, -0.05) is 35.3 Å². The maximum Gasteiger partial charge on any atom is 0.243 e. The smallest absolute Gasteiger partial charge is 0.243 e. The van der Waals surface area contributed by atoms with Gasteiger partial charge in [-0.3, -0.25) is 14.9 Å². The summed E-state index contributed by atoms with van der Waals surface area (Å²) in [4.78, 5) is 22.5. The van der Waals surface area contributed by atoms with Crippen LogP contribution in [0.1, 0.15) is 18.4 Å². The Kier molecular flexibility index (Phi) is 4.22. The van der Waals surface area contributed by atoms with E-state index in [9.17, 15) is 9.59 Å². The molecule has 0 radical (unpaired) electrons. The maximum absolute atomic E-state index is 11.5. The van der Waals surface area contributed by atoms with E-state index in [4.69, 9.17) is 23.2 Å². The van der Waals surface area contributed by atoms with Crippen molar-refractivity contribution >= 4 is 35.0 Å². The van der Waals surface area contributed by atoms with Gasteiger partial charge in [-0.25, -0.2) is 0 Å². The molecule has 0 bridgehead atoms.